The van der Waals surface area contributed by atoms with E-state index in [1.807, 2.05) is 13.8 Å². The van der Waals surface area contributed by atoms with Crippen LogP contribution in [0.4, 0.5) is 0 Å². The van der Waals surface area contributed by atoms with Gasteiger partial charge in [-0.3, -0.25) is 9.89 Å². The van der Waals surface area contributed by atoms with Gasteiger partial charge in [0.05, 0.1) is 12.2 Å². The van der Waals surface area contributed by atoms with Gasteiger partial charge in [0.25, 0.3) is 0 Å². The third-order valence-electron chi connectivity index (χ3n) is 5.78. The van der Waals surface area contributed by atoms with Crippen LogP contribution in [0.2, 0.25) is 0 Å². The van der Waals surface area contributed by atoms with E-state index < -0.39 is 0 Å². The molecule has 0 aliphatic carbocycles. The van der Waals surface area contributed by atoms with E-state index in [0.717, 1.165) is 81.8 Å². The van der Waals surface area contributed by atoms with Crippen LogP contribution in [-0.2, 0) is 6.54 Å². The number of piperidine rings is 1. The molecule has 30 heavy (non-hydrogen) atoms. The molecular formula is C22H42IN5O2. The van der Waals surface area contributed by atoms with Crippen molar-refractivity contribution in [1.29, 1.82) is 0 Å². The van der Waals surface area contributed by atoms with E-state index >= 15 is 0 Å². The molecule has 2 heterocycles. The normalized spacial score (nSPS) is 16.9. The zero-order chi connectivity index (χ0) is 21.1. The number of aliphatic imine (C=N–C) groups is 1. The molecule has 0 spiro atoms. The second kappa shape index (κ2) is 15.0. The Morgan fingerprint density at radius 2 is 1.97 bits per heavy atom. The summed E-state index contributed by atoms with van der Waals surface area (Å²) in [6, 6.07) is 0. The highest BCUT2D eigenvalue weighted by Gasteiger charge is 2.21. The fourth-order valence-corrected chi connectivity index (χ4v) is 3.87. The van der Waals surface area contributed by atoms with Crippen LogP contribution in [0.1, 0.15) is 63.3 Å². The summed E-state index contributed by atoms with van der Waals surface area (Å²) in [4.78, 5) is 11.7. The minimum Gasteiger partial charge on any atom is -0.444 e. The number of aryl methyl sites for hydroxylation is 2. The molecule has 1 aliphatic rings. The fraction of sp³-hybridized carbons (Fsp3) is 0.818. The topological polar surface area (TPSA) is 85.9 Å². The molecule has 1 aromatic rings. The summed E-state index contributed by atoms with van der Waals surface area (Å²) in [6.45, 7) is 14.1. The largest absolute Gasteiger partial charge is 0.444 e. The Bertz CT molecular complexity index is 589. The molecule has 3 N–H and O–H groups in total. The molecule has 174 valence electrons. The standard InChI is InChI=1S/C22H41N5O2.HI/c1-5-7-19(10-13-28)14-24-22(23-6-2)25-15-20-8-11-27(12-9-20)16-21-26-17(3)18(4)29-21;/h19-20,28H,5-16H2,1-4H3,(H2,23,24,25);1H. The molecule has 8 heteroatoms. The number of guanidine groups is 1. The number of oxazole rings is 1. The summed E-state index contributed by atoms with van der Waals surface area (Å²) in [6.07, 6.45) is 5.43. The van der Waals surface area contributed by atoms with Crippen molar-refractivity contribution in [1.82, 2.24) is 20.5 Å². The van der Waals surface area contributed by atoms with Crippen molar-refractivity contribution in [3.63, 3.8) is 0 Å². The quantitative estimate of drug-likeness (QED) is 0.229. The number of hydrogen-bond acceptors (Lipinski definition) is 5. The van der Waals surface area contributed by atoms with Gasteiger partial charge >= 0.3 is 0 Å². The molecule has 1 atom stereocenters. The maximum absolute atomic E-state index is 9.24. The molecule has 0 radical (unpaired) electrons. The zero-order valence-electron chi connectivity index (χ0n) is 19.2. The number of aliphatic hydroxyl groups is 1. The first-order valence-electron chi connectivity index (χ1n) is 11.3. The Hall–Kier alpha value is -0.870. The zero-order valence-corrected chi connectivity index (χ0v) is 21.6. The number of nitrogens with zero attached hydrogens (tertiary/aromatic N) is 3. The third kappa shape index (κ3) is 9.51. The predicted octanol–water partition coefficient (Wildman–Crippen LogP) is 3.48. The summed E-state index contributed by atoms with van der Waals surface area (Å²) < 4.78 is 5.73. The minimum atomic E-state index is 0. The Labute approximate surface area is 199 Å². The van der Waals surface area contributed by atoms with Gasteiger partial charge in [-0.2, -0.15) is 0 Å². The summed E-state index contributed by atoms with van der Waals surface area (Å²) in [5.74, 6) is 3.79. The van der Waals surface area contributed by atoms with E-state index in [-0.39, 0.29) is 30.6 Å². The molecule has 1 saturated heterocycles. The van der Waals surface area contributed by atoms with Gasteiger partial charge < -0.3 is 20.2 Å². The number of halogens is 1. The average molecular weight is 536 g/mol. The molecule has 7 nitrogen and oxygen atoms in total. The highest BCUT2D eigenvalue weighted by Crippen LogP contribution is 2.19. The number of rotatable bonds is 11. The van der Waals surface area contributed by atoms with Crippen molar-refractivity contribution in [3.05, 3.63) is 17.3 Å². The average Bonchev–Trinajstić information content (AvgIpc) is 3.02. The van der Waals surface area contributed by atoms with Crippen LogP contribution in [0.25, 0.3) is 0 Å². The first kappa shape index (κ1) is 27.2. The molecule has 0 aromatic carbocycles. The number of nitrogens with one attached hydrogen (secondary N) is 2. The Morgan fingerprint density at radius 1 is 1.23 bits per heavy atom. The molecule has 0 bridgehead atoms. The van der Waals surface area contributed by atoms with E-state index in [4.69, 9.17) is 9.41 Å². The maximum Gasteiger partial charge on any atom is 0.208 e. The van der Waals surface area contributed by atoms with Crippen molar-refractivity contribution >= 4 is 29.9 Å². The van der Waals surface area contributed by atoms with Crippen LogP contribution in [0.5, 0.6) is 0 Å². The van der Waals surface area contributed by atoms with E-state index in [1.54, 1.807) is 0 Å². The fourth-order valence-electron chi connectivity index (χ4n) is 3.87. The van der Waals surface area contributed by atoms with Crippen molar-refractivity contribution in [2.24, 2.45) is 16.8 Å². The highest BCUT2D eigenvalue weighted by atomic mass is 127. The molecule has 1 unspecified atom stereocenters. The summed E-state index contributed by atoms with van der Waals surface area (Å²) in [5, 5.41) is 16.1. The number of hydrogen-bond donors (Lipinski definition) is 3. The van der Waals surface area contributed by atoms with Gasteiger partial charge in [0.1, 0.15) is 5.76 Å². The van der Waals surface area contributed by atoms with Gasteiger partial charge in [-0.1, -0.05) is 13.3 Å². The van der Waals surface area contributed by atoms with Gasteiger partial charge in [-0.05, 0) is 71.4 Å². The molecule has 1 fully saturated rings. The van der Waals surface area contributed by atoms with Crippen LogP contribution < -0.4 is 10.6 Å². The van der Waals surface area contributed by atoms with Gasteiger partial charge in [0, 0.05) is 26.2 Å². The smallest absolute Gasteiger partial charge is 0.208 e. The van der Waals surface area contributed by atoms with Crippen LogP contribution in [0, 0.1) is 25.7 Å². The lowest BCUT2D eigenvalue weighted by Crippen LogP contribution is -2.43. The van der Waals surface area contributed by atoms with Crippen LogP contribution >= 0.6 is 24.0 Å². The van der Waals surface area contributed by atoms with E-state index in [1.165, 1.54) is 12.8 Å². The van der Waals surface area contributed by atoms with Gasteiger partial charge in [-0.15, -0.1) is 24.0 Å². The van der Waals surface area contributed by atoms with E-state index in [0.29, 0.717) is 11.8 Å². The lowest BCUT2D eigenvalue weighted by atomic mass is 9.97. The Balaban J connectivity index is 0.00000450. The van der Waals surface area contributed by atoms with E-state index in [9.17, 15) is 5.11 Å². The van der Waals surface area contributed by atoms with Crippen molar-refractivity contribution in [2.75, 3.05) is 39.3 Å². The second-order valence-corrected chi connectivity index (χ2v) is 8.24. The van der Waals surface area contributed by atoms with Crippen molar-refractivity contribution in [2.45, 2.75) is 66.3 Å². The SMILES string of the molecule is CCCC(CCO)CN=C(NCC)NCC1CCN(Cc2nc(C)c(C)o2)CC1.I. The lowest BCUT2D eigenvalue weighted by molar-refractivity contribution is 0.164. The maximum atomic E-state index is 9.24. The monoisotopic (exact) mass is 535 g/mol. The van der Waals surface area contributed by atoms with Crippen LogP contribution in [0.15, 0.2) is 9.41 Å². The summed E-state index contributed by atoms with van der Waals surface area (Å²) >= 11 is 0. The number of aliphatic hydroxyl groups excluding tert-OH is 1. The van der Waals surface area contributed by atoms with Crippen molar-refractivity contribution in [3.8, 4) is 0 Å². The molecule has 0 amide bonds. The van der Waals surface area contributed by atoms with Crippen molar-refractivity contribution < 1.29 is 9.52 Å². The number of likely N-dealkylation sites (tertiary alicyclic amines) is 1. The highest BCUT2D eigenvalue weighted by molar-refractivity contribution is 14.0. The Kier molecular flexibility index (Phi) is 13.6. The second-order valence-electron chi connectivity index (χ2n) is 8.24. The van der Waals surface area contributed by atoms with Gasteiger partial charge in [-0.25, -0.2) is 4.98 Å². The first-order chi connectivity index (χ1) is 14.0. The molecule has 0 saturated carbocycles. The number of aromatic nitrogens is 1. The molecule has 1 aromatic heterocycles. The summed E-state index contributed by atoms with van der Waals surface area (Å²) in [7, 11) is 0. The minimum absolute atomic E-state index is 0. The molecular weight excluding hydrogens is 493 g/mol. The Morgan fingerprint density at radius 3 is 2.53 bits per heavy atom. The molecule has 2 rings (SSSR count). The van der Waals surface area contributed by atoms with Crippen LogP contribution in [0.3, 0.4) is 0 Å². The van der Waals surface area contributed by atoms with Crippen LogP contribution in [-0.4, -0.2) is 60.3 Å². The van der Waals surface area contributed by atoms with Gasteiger partial charge in [0.2, 0.25) is 5.89 Å². The molecule has 1 aliphatic heterocycles. The first-order valence-corrected chi connectivity index (χ1v) is 11.3. The lowest BCUT2D eigenvalue weighted by Gasteiger charge is -2.31. The summed E-state index contributed by atoms with van der Waals surface area (Å²) in [5.41, 5.74) is 0.995. The predicted molar refractivity (Wildman–Crippen MR) is 133 cm³/mol. The van der Waals surface area contributed by atoms with Gasteiger partial charge in [0.15, 0.2) is 5.96 Å². The van der Waals surface area contributed by atoms with E-state index in [2.05, 4.69) is 34.4 Å². The third-order valence-corrected chi connectivity index (χ3v) is 5.78.